The number of hydrogen-bond donors (Lipinski definition) is 7. The van der Waals surface area contributed by atoms with Crippen molar-refractivity contribution in [2.45, 2.75) is 233 Å². The zero-order valence-electron chi connectivity index (χ0n) is 74.5. The Hall–Kier alpha value is -13.0. The summed E-state index contributed by atoms with van der Waals surface area (Å²) in [5.74, 6) is -6.90. The van der Waals surface area contributed by atoms with Gasteiger partial charge in [-0.3, -0.25) is 48.2 Å². The number of likely N-dealkylation sites (tertiary alicyclic amines) is 2. The molecular weight excluding hydrogens is 1620 g/mol. The summed E-state index contributed by atoms with van der Waals surface area (Å²) in [6, 6.07) is 26.2. The van der Waals surface area contributed by atoms with E-state index in [0.29, 0.717) is 39.4 Å². The van der Waals surface area contributed by atoms with E-state index in [9.17, 15) is 29.2 Å². The maximum atomic E-state index is 15.9. The van der Waals surface area contributed by atoms with E-state index < -0.39 is 160 Å². The molecule has 8 N–H and O–H groups in total. The van der Waals surface area contributed by atoms with Gasteiger partial charge < -0.3 is 71.0 Å². The molecule has 0 saturated carbocycles. The first-order valence-corrected chi connectivity index (χ1v) is 42.3. The van der Waals surface area contributed by atoms with Crippen molar-refractivity contribution in [2.24, 2.45) is 27.6 Å². The number of nitrogens with one attached hydrogen (secondary N) is 5. The van der Waals surface area contributed by atoms with Gasteiger partial charge in [0.05, 0.1) is 37.6 Å². The molecule has 34 nitrogen and oxygen atoms in total. The molecule has 0 radical (unpaired) electrons. The highest BCUT2D eigenvalue weighted by atomic mass is 16.6. The summed E-state index contributed by atoms with van der Waals surface area (Å²) >= 11 is 0. The minimum Gasteiger partial charge on any atom is -0.487 e. The minimum atomic E-state index is -1.45. The number of fused-ring (bicyclic) bond motifs is 2. The molecular formula is C92H117N17O17. The topological polar surface area (TPSA) is 427 Å². The SMILES string of the molecule is COC(=O)[C@@H]1Cc2ccc(cc2)OCc2cn(nn2)[C@@H]2CCN(C(=O)[C@@H](NC(=O)[C@H](C)N(C)C(=O)OC(C)(C)C)C(C)(C)C)[C@@H]2C(=O)N[C@@H](Cc2ccc3ccccc3c2)C(=O)C[C@H](/C(N)=N/O)Cc2ccc(cc2)OCc2cn(nn2)[C@@H]2CCN(C(=O)[C@@H](NC(=O)[C@H](C)N(C)C(=O)OC(C)(C)C)C(C)(C)C)[C@@H]2C(=O)N[C@@H](Cc2ccc3ccccc3c2)C(=O)N1. The highest BCUT2D eigenvalue weighted by Gasteiger charge is 2.51. The number of rotatable bonds is 14. The van der Waals surface area contributed by atoms with E-state index in [2.05, 4.69) is 52.4 Å². The Balaban J connectivity index is 0.950. The number of carbonyl (C=O) groups excluding carboxylic acids is 11. The van der Waals surface area contributed by atoms with E-state index in [0.717, 1.165) is 31.3 Å². The molecule has 672 valence electrons. The van der Waals surface area contributed by atoms with Crippen LogP contribution in [0.3, 0.4) is 0 Å². The van der Waals surface area contributed by atoms with Gasteiger partial charge in [0.2, 0.25) is 41.4 Å². The molecule has 8 bridgehead atoms. The molecule has 2 aromatic heterocycles. The summed E-state index contributed by atoms with van der Waals surface area (Å²) in [7, 11) is 3.99. The molecule has 2 saturated heterocycles. The standard InChI is InChI=1S/C92H117N17O17/c1-53(104(15)87(119)125-91(9,10)11)79(111)97-76(89(3,4)5)84(116)106-40-38-71-74(106)82(114)94-68(46-57-26-32-59-22-18-20-24-61(59)43-57)73(110)48-63(78(93)101-121)42-55-28-34-66(35-29-55)123-51-65-50-109(103-100-65)72-39-41-107(85(117)77(90(6,7)8)98-80(112)54(2)105(16)88(120)126-92(12,13)14)75(72)83(115)95-69(47-58-27-33-60-23-19-21-25-62(60)44-58)81(113)96-70(86(118)122-17)45-56-30-36-67(37-31-56)124-52-64-49-108(71)102-99-64/h18-37,43-44,49-50,53-54,63,68-72,74-77,121H,38-42,45-48,51-52H2,1-17H3,(H2,93,101)(H,94,114)(H,95,115)(H,96,113)(H,97,111)(H,98,112)/t53-,54-,63+,68-,69-,70-,71+,72+,74-,75-,76+,77+/m0/s1. The van der Waals surface area contributed by atoms with Gasteiger partial charge in [-0.2, -0.15) is 0 Å². The summed E-state index contributed by atoms with van der Waals surface area (Å²) in [6.45, 7) is 23.2. The van der Waals surface area contributed by atoms with Crippen molar-refractivity contribution < 1.29 is 81.6 Å². The molecule has 6 aliphatic rings. The molecule has 0 unspecified atom stereocenters. The lowest BCUT2D eigenvalue weighted by Crippen LogP contribution is -2.62. The predicted molar refractivity (Wildman–Crippen MR) is 467 cm³/mol. The molecule has 0 aliphatic carbocycles. The van der Waals surface area contributed by atoms with E-state index in [-0.39, 0.29) is 82.8 Å². The van der Waals surface area contributed by atoms with Gasteiger partial charge in [0, 0.05) is 52.4 Å². The third kappa shape index (κ3) is 23.5. The number of nitrogens with two attached hydrogens (primary N) is 1. The number of aromatic nitrogens is 6. The van der Waals surface area contributed by atoms with Crippen LogP contribution >= 0.6 is 0 Å². The number of amidine groups is 1. The first-order valence-electron chi connectivity index (χ1n) is 42.3. The number of benzene rings is 6. The summed E-state index contributed by atoms with van der Waals surface area (Å²) in [4.78, 5) is 168. The number of nitrogens with zero attached hydrogens (tertiary/aromatic N) is 11. The number of carbonyl (C=O) groups is 11. The fourth-order valence-corrected chi connectivity index (χ4v) is 15.6. The zero-order valence-corrected chi connectivity index (χ0v) is 74.5. The molecule has 8 aromatic rings. The van der Waals surface area contributed by atoms with Crippen molar-refractivity contribution in [3.8, 4) is 11.5 Å². The highest BCUT2D eigenvalue weighted by Crippen LogP contribution is 2.36. The average Bonchev–Trinajstić information content (AvgIpc) is 1.61. The second-order valence-electron chi connectivity index (χ2n) is 36.8. The average molecular weight is 1730 g/mol. The van der Waals surface area contributed by atoms with E-state index in [1.165, 1.54) is 54.2 Å². The van der Waals surface area contributed by atoms with Gasteiger partial charge in [-0.1, -0.05) is 166 Å². The van der Waals surface area contributed by atoms with E-state index in [1.54, 1.807) is 144 Å². The second kappa shape index (κ2) is 39.4. The summed E-state index contributed by atoms with van der Waals surface area (Å²) in [5.41, 5.74) is 5.74. The van der Waals surface area contributed by atoms with Crippen molar-refractivity contribution in [3.63, 3.8) is 0 Å². The number of amides is 9. The molecule has 6 aliphatic heterocycles. The lowest BCUT2D eigenvalue weighted by atomic mass is 9.85. The minimum absolute atomic E-state index is 0.0432. The van der Waals surface area contributed by atoms with Crippen LogP contribution in [0, 0.1) is 16.7 Å². The predicted octanol–water partition coefficient (Wildman–Crippen LogP) is 8.42. The number of likely N-dealkylation sites (N-methyl/N-ethyl adjacent to an activating group) is 2. The summed E-state index contributed by atoms with van der Waals surface area (Å²) in [6.07, 6.45) is 1.20. The molecule has 0 spiro atoms. The Kier molecular flexibility index (Phi) is 29.3. The Morgan fingerprint density at radius 1 is 0.548 bits per heavy atom. The van der Waals surface area contributed by atoms with Gasteiger partial charge in [0.25, 0.3) is 0 Å². The van der Waals surface area contributed by atoms with Gasteiger partial charge in [-0.15, -0.1) is 10.2 Å². The third-order valence-electron chi connectivity index (χ3n) is 22.9. The molecule has 14 rings (SSSR count). The quantitative estimate of drug-likeness (QED) is 0.0134. The number of ether oxygens (including phenoxy) is 5. The summed E-state index contributed by atoms with van der Waals surface area (Å²) in [5, 5.41) is 50.0. The zero-order chi connectivity index (χ0) is 91.6. The molecule has 126 heavy (non-hydrogen) atoms. The van der Waals surface area contributed by atoms with Gasteiger partial charge in [0.1, 0.15) is 101 Å². The fourth-order valence-electron chi connectivity index (χ4n) is 15.6. The molecule has 9 amide bonds. The first-order chi connectivity index (χ1) is 59.4. The van der Waals surface area contributed by atoms with Crippen molar-refractivity contribution in [1.82, 2.24) is 76.2 Å². The van der Waals surface area contributed by atoms with Gasteiger partial charge in [-0.25, -0.2) is 23.7 Å². The van der Waals surface area contributed by atoms with Crippen LogP contribution in [0.1, 0.15) is 162 Å². The van der Waals surface area contributed by atoms with E-state index in [4.69, 9.17) is 29.4 Å². The van der Waals surface area contributed by atoms with Crippen LogP contribution < -0.4 is 41.8 Å². The Morgan fingerprint density at radius 3 is 1.36 bits per heavy atom. The van der Waals surface area contributed by atoms with Crippen LogP contribution in [0.2, 0.25) is 0 Å². The maximum absolute atomic E-state index is 15.9. The second-order valence-corrected chi connectivity index (χ2v) is 36.8. The normalized spacial score (nSPS) is 20.8. The lowest BCUT2D eigenvalue weighted by molar-refractivity contribution is -0.146. The van der Waals surface area contributed by atoms with Crippen molar-refractivity contribution >= 4 is 92.7 Å². The number of Topliss-reactive ketones (excluding diaryl/α,β-unsaturated/α-hetero) is 1. The molecule has 2 fully saturated rings. The molecule has 6 aromatic carbocycles. The number of oxime groups is 1. The van der Waals surface area contributed by atoms with Crippen molar-refractivity contribution in [1.29, 1.82) is 0 Å². The monoisotopic (exact) mass is 1730 g/mol. The van der Waals surface area contributed by atoms with Gasteiger partial charge in [-0.05, 0) is 160 Å². The van der Waals surface area contributed by atoms with Crippen LogP contribution in [0.5, 0.6) is 11.5 Å². The smallest absolute Gasteiger partial charge is 0.410 e. The molecule has 34 heteroatoms. The van der Waals surface area contributed by atoms with Crippen LogP contribution in [-0.4, -0.2) is 226 Å². The van der Waals surface area contributed by atoms with Gasteiger partial charge in [0.15, 0.2) is 5.78 Å². The maximum Gasteiger partial charge on any atom is 0.410 e. The van der Waals surface area contributed by atoms with Crippen LogP contribution in [0.25, 0.3) is 21.5 Å². The number of methoxy groups -OCH3 is 1. The number of ketones is 1. The Morgan fingerprint density at radius 2 is 0.952 bits per heavy atom. The van der Waals surface area contributed by atoms with Crippen LogP contribution in [0.4, 0.5) is 9.59 Å². The molecule has 8 heterocycles. The van der Waals surface area contributed by atoms with Gasteiger partial charge >= 0.3 is 18.2 Å². The Bertz CT molecular complexity index is 5340. The Labute approximate surface area is 732 Å². The van der Waals surface area contributed by atoms with E-state index in [1.807, 2.05) is 84.9 Å². The fraction of sp³-hybridized carbons (Fsp3) is 0.478. The van der Waals surface area contributed by atoms with Crippen molar-refractivity contribution in [2.75, 3.05) is 34.3 Å². The number of hydrogen-bond acceptors (Lipinski definition) is 22. The first kappa shape index (κ1) is 93.7. The third-order valence-corrected chi connectivity index (χ3v) is 22.9. The largest absolute Gasteiger partial charge is 0.487 e. The summed E-state index contributed by atoms with van der Waals surface area (Å²) < 4.78 is 32.0. The van der Waals surface area contributed by atoms with Crippen LogP contribution in [0.15, 0.2) is 151 Å². The van der Waals surface area contributed by atoms with Crippen LogP contribution in [-0.2, 0) is 96.3 Å². The van der Waals surface area contributed by atoms with E-state index >= 15 is 28.8 Å². The lowest BCUT2D eigenvalue weighted by Gasteiger charge is -2.37. The highest BCUT2D eigenvalue weighted by molar-refractivity contribution is 6.00. The number of esters is 1. The van der Waals surface area contributed by atoms with Crippen molar-refractivity contribution in [3.05, 3.63) is 179 Å². The molecule has 12 atom stereocenters.